The SMILES string of the molecule is COc1cccc(CNC(=O)NCc2ccccc2)c1. The molecule has 0 saturated carbocycles. The number of rotatable bonds is 5. The van der Waals surface area contributed by atoms with Crippen LogP contribution in [0.5, 0.6) is 5.75 Å². The summed E-state index contributed by atoms with van der Waals surface area (Å²) in [6.07, 6.45) is 0. The fourth-order valence-corrected chi connectivity index (χ4v) is 1.81. The number of amides is 2. The molecule has 4 nitrogen and oxygen atoms in total. The van der Waals surface area contributed by atoms with Crippen LogP contribution < -0.4 is 15.4 Å². The Morgan fingerprint density at radius 2 is 1.60 bits per heavy atom. The Labute approximate surface area is 118 Å². The molecule has 2 aromatic rings. The topological polar surface area (TPSA) is 50.4 Å². The summed E-state index contributed by atoms with van der Waals surface area (Å²) in [4.78, 5) is 11.7. The number of ether oxygens (including phenoxy) is 1. The van der Waals surface area contributed by atoms with Gasteiger partial charge in [0.15, 0.2) is 0 Å². The fourth-order valence-electron chi connectivity index (χ4n) is 1.81. The van der Waals surface area contributed by atoms with Crippen LogP contribution in [0.4, 0.5) is 4.79 Å². The van der Waals surface area contributed by atoms with Crippen LogP contribution in [0.2, 0.25) is 0 Å². The Bertz CT molecular complexity index is 555. The summed E-state index contributed by atoms with van der Waals surface area (Å²) in [6.45, 7) is 0.989. The summed E-state index contributed by atoms with van der Waals surface area (Å²) in [5, 5.41) is 5.63. The number of hydrogen-bond acceptors (Lipinski definition) is 2. The first-order valence-electron chi connectivity index (χ1n) is 6.46. The van der Waals surface area contributed by atoms with Gasteiger partial charge in [0.2, 0.25) is 0 Å². The summed E-state index contributed by atoms with van der Waals surface area (Å²) < 4.78 is 5.14. The third-order valence-corrected chi connectivity index (χ3v) is 2.88. The molecule has 0 aliphatic rings. The van der Waals surface area contributed by atoms with E-state index in [1.165, 1.54) is 0 Å². The average molecular weight is 270 g/mol. The van der Waals surface area contributed by atoms with Crippen molar-refractivity contribution >= 4 is 6.03 Å². The molecule has 0 aliphatic heterocycles. The molecule has 4 heteroatoms. The smallest absolute Gasteiger partial charge is 0.315 e. The second-order valence-corrected chi connectivity index (χ2v) is 4.37. The largest absolute Gasteiger partial charge is 0.497 e. The molecule has 0 aliphatic carbocycles. The highest BCUT2D eigenvalue weighted by Gasteiger charge is 2.01. The number of carbonyl (C=O) groups excluding carboxylic acids is 1. The molecule has 0 bridgehead atoms. The minimum Gasteiger partial charge on any atom is -0.497 e. The van der Waals surface area contributed by atoms with Crippen LogP contribution in [0.3, 0.4) is 0 Å². The molecule has 104 valence electrons. The van der Waals surface area contributed by atoms with Crippen LogP contribution in [-0.4, -0.2) is 13.1 Å². The van der Waals surface area contributed by atoms with E-state index in [1.54, 1.807) is 7.11 Å². The Balaban J connectivity index is 1.77. The lowest BCUT2D eigenvalue weighted by Gasteiger charge is -2.08. The van der Waals surface area contributed by atoms with E-state index >= 15 is 0 Å². The molecule has 2 rings (SSSR count). The Hall–Kier alpha value is -2.49. The van der Waals surface area contributed by atoms with Crippen molar-refractivity contribution in [2.24, 2.45) is 0 Å². The van der Waals surface area contributed by atoms with E-state index in [1.807, 2.05) is 54.6 Å². The van der Waals surface area contributed by atoms with Gasteiger partial charge >= 0.3 is 6.03 Å². The van der Waals surface area contributed by atoms with Crippen LogP contribution in [0.25, 0.3) is 0 Å². The highest BCUT2D eigenvalue weighted by atomic mass is 16.5. The number of benzene rings is 2. The predicted molar refractivity (Wildman–Crippen MR) is 78.5 cm³/mol. The first-order valence-corrected chi connectivity index (χ1v) is 6.46. The van der Waals surface area contributed by atoms with Crippen LogP contribution in [-0.2, 0) is 13.1 Å². The highest BCUT2D eigenvalue weighted by molar-refractivity contribution is 5.73. The van der Waals surface area contributed by atoms with Crippen molar-refractivity contribution in [3.05, 3.63) is 65.7 Å². The summed E-state index contributed by atoms with van der Waals surface area (Å²) in [6, 6.07) is 17.2. The van der Waals surface area contributed by atoms with Crippen LogP contribution >= 0.6 is 0 Å². The summed E-state index contributed by atoms with van der Waals surface area (Å²) in [5.74, 6) is 0.786. The molecule has 20 heavy (non-hydrogen) atoms. The molecule has 0 spiro atoms. The van der Waals surface area contributed by atoms with Gasteiger partial charge in [0.1, 0.15) is 5.75 Å². The minimum absolute atomic E-state index is 0.184. The fraction of sp³-hybridized carbons (Fsp3) is 0.188. The van der Waals surface area contributed by atoms with Crippen molar-refractivity contribution < 1.29 is 9.53 Å². The number of nitrogens with one attached hydrogen (secondary N) is 2. The zero-order chi connectivity index (χ0) is 14.2. The summed E-state index contributed by atoms with van der Waals surface area (Å²) in [5.41, 5.74) is 2.07. The number of carbonyl (C=O) groups is 1. The maximum absolute atomic E-state index is 11.7. The van der Waals surface area contributed by atoms with Gasteiger partial charge in [-0.05, 0) is 23.3 Å². The number of urea groups is 1. The van der Waals surface area contributed by atoms with Crippen LogP contribution in [0.1, 0.15) is 11.1 Å². The average Bonchev–Trinajstić information content (AvgIpc) is 2.52. The first-order chi connectivity index (χ1) is 9.78. The van der Waals surface area contributed by atoms with Crippen molar-refractivity contribution in [2.75, 3.05) is 7.11 Å². The van der Waals surface area contributed by atoms with Gasteiger partial charge in [0.05, 0.1) is 7.11 Å². The van der Waals surface area contributed by atoms with Crippen molar-refractivity contribution in [1.29, 1.82) is 0 Å². The minimum atomic E-state index is -0.184. The van der Waals surface area contributed by atoms with Gasteiger partial charge in [-0.25, -0.2) is 4.79 Å². The van der Waals surface area contributed by atoms with E-state index in [-0.39, 0.29) is 6.03 Å². The van der Waals surface area contributed by atoms with Gasteiger partial charge in [-0.1, -0.05) is 42.5 Å². The molecule has 0 saturated heterocycles. The van der Waals surface area contributed by atoms with E-state index in [0.717, 1.165) is 16.9 Å². The van der Waals surface area contributed by atoms with Gasteiger partial charge in [0, 0.05) is 13.1 Å². The third-order valence-electron chi connectivity index (χ3n) is 2.88. The van der Waals surface area contributed by atoms with Crippen molar-refractivity contribution in [2.45, 2.75) is 13.1 Å². The van der Waals surface area contributed by atoms with Crippen LogP contribution in [0, 0.1) is 0 Å². The van der Waals surface area contributed by atoms with Gasteiger partial charge in [-0.2, -0.15) is 0 Å². The zero-order valence-corrected chi connectivity index (χ0v) is 11.4. The van der Waals surface area contributed by atoms with Gasteiger partial charge in [-0.3, -0.25) is 0 Å². The van der Waals surface area contributed by atoms with E-state index in [9.17, 15) is 4.79 Å². The molecule has 0 fully saturated rings. The molecule has 0 radical (unpaired) electrons. The summed E-state index contributed by atoms with van der Waals surface area (Å²) >= 11 is 0. The second-order valence-electron chi connectivity index (χ2n) is 4.37. The predicted octanol–water partition coefficient (Wildman–Crippen LogP) is 2.69. The molecular weight excluding hydrogens is 252 g/mol. The maximum atomic E-state index is 11.7. The highest BCUT2D eigenvalue weighted by Crippen LogP contribution is 2.11. The second kappa shape index (κ2) is 7.19. The molecule has 0 atom stereocenters. The molecule has 2 aromatic carbocycles. The van der Waals surface area contributed by atoms with Crippen LogP contribution in [0.15, 0.2) is 54.6 Å². The Kier molecular flexibility index (Phi) is 5.00. The van der Waals surface area contributed by atoms with Gasteiger partial charge in [-0.15, -0.1) is 0 Å². The van der Waals surface area contributed by atoms with E-state index in [2.05, 4.69) is 10.6 Å². The third kappa shape index (κ3) is 4.31. The normalized spacial score (nSPS) is 9.85. The number of methoxy groups -OCH3 is 1. The lowest BCUT2D eigenvalue weighted by molar-refractivity contribution is 0.240. The number of hydrogen-bond donors (Lipinski definition) is 2. The molecule has 2 amide bonds. The lowest BCUT2D eigenvalue weighted by Crippen LogP contribution is -2.34. The molecule has 0 unspecified atom stereocenters. The lowest BCUT2D eigenvalue weighted by atomic mass is 10.2. The zero-order valence-electron chi connectivity index (χ0n) is 11.4. The Morgan fingerprint density at radius 1 is 0.950 bits per heavy atom. The van der Waals surface area contributed by atoms with E-state index in [4.69, 9.17) is 4.74 Å². The van der Waals surface area contributed by atoms with Crippen molar-refractivity contribution in [3.8, 4) is 5.75 Å². The molecule has 0 aromatic heterocycles. The monoisotopic (exact) mass is 270 g/mol. The van der Waals surface area contributed by atoms with Crippen molar-refractivity contribution in [3.63, 3.8) is 0 Å². The van der Waals surface area contributed by atoms with Crippen molar-refractivity contribution in [1.82, 2.24) is 10.6 Å². The Morgan fingerprint density at radius 3 is 2.30 bits per heavy atom. The first kappa shape index (κ1) is 13.9. The molecule has 0 heterocycles. The maximum Gasteiger partial charge on any atom is 0.315 e. The van der Waals surface area contributed by atoms with E-state index in [0.29, 0.717) is 13.1 Å². The quantitative estimate of drug-likeness (QED) is 0.877. The molecular formula is C16H18N2O2. The molecule has 2 N–H and O–H groups in total. The van der Waals surface area contributed by atoms with E-state index < -0.39 is 0 Å². The van der Waals surface area contributed by atoms with Gasteiger partial charge in [0.25, 0.3) is 0 Å². The summed E-state index contributed by atoms with van der Waals surface area (Å²) in [7, 11) is 1.62. The standard InChI is InChI=1S/C16H18N2O2/c1-20-15-9-5-8-14(10-15)12-18-16(19)17-11-13-6-3-2-4-7-13/h2-10H,11-12H2,1H3,(H2,17,18,19). The van der Waals surface area contributed by atoms with Gasteiger partial charge < -0.3 is 15.4 Å².